The lowest BCUT2D eigenvalue weighted by atomic mass is 9.87. The van der Waals surface area contributed by atoms with E-state index in [-0.39, 0.29) is 1.43 Å². The molecular weight excluding hydrogens is 122 g/mol. The van der Waals surface area contributed by atoms with Gasteiger partial charge in [0.25, 0.3) is 0 Å². The fraction of sp³-hybridized carbons (Fsp3) is 1.00. The van der Waals surface area contributed by atoms with Gasteiger partial charge in [-0.1, -0.05) is 13.8 Å². The molecule has 0 spiro atoms. The van der Waals surface area contributed by atoms with Crippen LogP contribution in [0.25, 0.3) is 0 Å². The van der Waals surface area contributed by atoms with E-state index in [9.17, 15) is 0 Å². The van der Waals surface area contributed by atoms with Crippen LogP contribution in [0.4, 0.5) is 0 Å². The molecule has 1 fully saturated rings. The van der Waals surface area contributed by atoms with Crippen molar-refractivity contribution in [1.29, 1.82) is 0 Å². The van der Waals surface area contributed by atoms with E-state index in [1.165, 1.54) is 25.7 Å². The van der Waals surface area contributed by atoms with Gasteiger partial charge in [0, 0.05) is 7.47 Å². The molecular formula is C9H21N. The van der Waals surface area contributed by atoms with E-state index in [2.05, 4.69) is 19.2 Å². The van der Waals surface area contributed by atoms with Crippen molar-refractivity contribution < 1.29 is 1.43 Å². The summed E-state index contributed by atoms with van der Waals surface area (Å²) in [4.78, 5) is 0. The summed E-state index contributed by atoms with van der Waals surface area (Å²) < 4.78 is 0. The van der Waals surface area contributed by atoms with Crippen molar-refractivity contribution in [3.63, 3.8) is 0 Å². The van der Waals surface area contributed by atoms with Crippen molar-refractivity contribution in [3.8, 4) is 0 Å². The molecule has 1 N–H and O–H groups in total. The van der Waals surface area contributed by atoms with Crippen LogP contribution in [0, 0.1) is 5.92 Å². The van der Waals surface area contributed by atoms with Gasteiger partial charge in [0.1, 0.15) is 0 Å². The molecule has 0 radical (unpaired) electrons. The van der Waals surface area contributed by atoms with Crippen molar-refractivity contribution in [2.45, 2.75) is 45.6 Å². The number of hydrogen-bond acceptors (Lipinski definition) is 1. The van der Waals surface area contributed by atoms with Crippen molar-refractivity contribution in [2.24, 2.45) is 5.92 Å². The molecule has 1 aliphatic carbocycles. The standard InChI is InChI=1S/C9H19N.H2/c1-3-10-9-6-4-8(2)5-7-9;/h8-10H,3-7H2,1-2H3;1H. The molecule has 0 amide bonds. The highest BCUT2D eigenvalue weighted by Crippen LogP contribution is 2.22. The maximum atomic E-state index is 3.50. The Bertz CT molecular complexity index is 87.6. The van der Waals surface area contributed by atoms with Gasteiger partial charge < -0.3 is 5.32 Å². The fourth-order valence-electron chi connectivity index (χ4n) is 1.75. The van der Waals surface area contributed by atoms with Crippen LogP contribution in [0.5, 0.6) is 0 Å². The Balaban J connectivity index is 0.000001000. The average Bonchev–Trinajstić information content (AvgIpc) is 1.95. The Hall–Kier alpha value is -0.0400. The minimum absolute atomic E-state index is 0. The lowest BCUT2D eigenvalue weighted by Crippen LogP contribution is -2.32. The first-order chi connectivity index (χ1) is 4.83. The molecule has 1 nitrogen and oxygen atoms in total. The zero-order valence-electron chi connectivity index (χ0n) is 7.19. The highest BCUT2D eigenvalue weighted by Gasteiger charge is 2.16. The number of nitrogens with one attached hydrogen (secondary N) is 1. The first-order valence-corrected chi connectivity index (χ1v) is 4.56. The number of rotatable bonds is 2. The van der Waals surface area contributed by atoms with Crippen molar-refractivity contribution in [3.05, 3.63) is 0 Å². The second kappa shape index (κ2) is 3.97. The Labute approximate surface area is 65.7 Å². The van der Waals surface area contributed by atoms with E-state index in [1.54, 1.807) is 0 Å². The van der Waals surface area contributed by atoms with Gasteiger partial charge in [0.05, 0.1) is 0 Å². The van der Waals surface area contributed by atoms with Crippen LogP contribution < -0.4 is 5.32 Å². The molecule has 0 heterocycles. The summed E-state index contributed by atoms with van der Waals surface area (Å²) in [6.07, 6.45) is 5.65. The maximum absolute atomic E-state index is 3.50. The lowest BCUT2D eigenvalue weighted by molar-refractivity contribution is 0.311. The second-order valence-corrected chi connectivity index (χ2v) is 3.51. The molecule has 1 heteroatoms. The first-order valence-electron chi connectivity index (χ1n) is 4.56. The van der Waals surface area contributed by atoms with Crippen LogP contribution in [0.15, 0.2) is 0 Å². The zero-order chi connectivity index (χ0) is 7.40. The molecule has 1 aliphatic rings. The molecule has 62 valence electrons. The van der Waals surface area contributed by atoms with Crippen molar-refractivity contribution in [2.75, 3.05) is 6.54 Å². The predicted octanol–water partition coefficient (Wildman–Crippen LogP) is 2.42. The van der Waals surface area contributed by atoms with Crippen molar-refractivity contribution in [1.82, 2.24) is 5.32 Å². The zero-order valence-corrected chi connectivity index (χ0v) is 7.19. The lowest BCUT2D eigenvalue weighted by Gasteiger charge is -2.26. The van der Waals surface area contributed by atoms with Crippen LogP contribution in [-0.2, 0) is 0 Å². The van der Waals surface area contributed by atoms with E-state index in [1.807, 2.05) is 0 Å². The van der Waals surface area contributed by atoms with Crippen LogP contribution in [-0.4, -0.2) is 12.6 Å². The summed E-state index contributed by atoms with van der Waals surface area (Å²) in [6, 6.07) is 0.834. The predicted molar refractivity (Wildman–Crippen MR) is 47.2 cm³/mol. The molecule has 10 heavy (non-hydrogen) atoms. The average molecular weight is 143 g/mol. The molecule has 1 saturated carbocycles. The van der Waals surface area contributed by atoms with Gasteiger partial charge in [0.15, 0.2) is 0 Å². The van der Waals surface area contributed by atoms with Crippen LogP contribution >= 0.6 is 0 Å². The fourth-order valence-corrected chi connectivity index (χ4v) is 1.75. The van der Waals surface area contributed by atoms with E-state index in [0.717, 1.165) is 18.5 Å². The summed E-state index contributed by atoms with van der Waals surface area (Å²) in [5.74, 6) is 0.981. The van der Waals surface area contributed by atoms with Gasteiger partial charge in [-0.15, -0.1) is 0 Å². The summed E-state index contributed by atoms with van der Waals surface area (Å²) >= 11 is 0. The van der Waals surface area contributed by atoms with Crippen LogP contribution in [0.1, 0.15) is 41.0 Å². The molecule has 0 aliphatic heterocycles. The van der Waals surface area contributed by atoms with Gasteiger partial charge >= 0.3 is 0 Å². The molecule has 0 aromatic carbocycles. The van der Waals surface area contributed by atoms with Gasteiger partial charge in [-0.3, -0.25) is 0 Å². The van der Waals surface area contributed by atoms with E-state index < -0.39 is 0 Å². The van der Waals surface area contributed by atoms with E-state index >= 15 is 0 Å². The molecule has 0 saturated heterocycles. The molecule has 0 bridgehead atoms. The maximum Gasteiger partial charge on any atom is 0.00671 e. The molecule has 0 aromatic heterocycles. The Kier molecular flexibility index (Phi) is 3.20. The van der Waals surface area contributed by atoms with Gasteiger partial charge in [-0.25, -0.2) is 0 Å². The minimum atomic E-state index is 0. The van der Waals surface area contributed by atoms with E-state index in [4.69, 9.17) is 0 Å². The smallest absolute Gasteiger partial charge is 0.00671 e. The SMILES string of the molecule is CCNC1CCC(C)CC1.[HH]. The highest BCUT2D eigenvalue weighted by molar-refractivity contribution is 4.74. The summed E-state index contributed by atoms with van der Waals surface area (Å²) in [6.45, 7) is 5.69. The third-order valence-corrected chi connectivity index (χ3v) is 2.51. The molecule has 0 atom stereocenters. The normalized spacial score (nSPS) is 34.2. The van der Waals surface area contributed by atoms with E-state index in [0.29, 0.717) is 0 Å². The Morgan fingerprint density at radius 1 is 1.30 bits per heavy atom. The Morgan fingerprint density at radius 3 is 2.40 bits per heavy atom. The summed E-state index contributed by atoms with van der Waals surface area (Å²) in [5.41, 5.74) is 0. The quantitative estimate of drug-likeness (QED) is 0.626. The monoisotopic (exact) mass is 143 g/mol. The molecule has 1 rings (SSSR count). The molecule has 0 unspecified atom stereocenters. The minimum Gasteiger partial charge on any atom is -0.314 e. The van der Waals surface area contributed by atoms with Gasteiger partial charge in [-0.05, 0) is 38.1 Å². The topological polar surface area (TPSA) is 12.0 Å². The van der Waals surface area contributed by atoms with Gasteiger partial charge in [-0.2, -0.15) is 0 Å². The number of hydrogen-bond donors (Lipinski definition) is 1. The third kappa shape index (κ3) is 2.30. The summed E-state index contributed by atoms with van der Waals surface area (Å²) in [5, 5.41) is 3.50. The third-order valence-electron chi connectivity index (χ3n) is 2.51. The van der Waals surface area contributed by atoms with Crippen LogP contribution in [0.3, 0.4) is 0 Å². The van der Waals surface area contributed by atoms with Gasteiger partial charge in [0.2, 0.25) is 0 Å². The summed E-state index contributed by atoms with van der Waals surface area (Å²) in [7, 11) is 0. The largest absolute Gasteiger partial charge is 0.314 e. The first kappa shape index (κ1) is 8.06. The highest BCUT2D eigenvalue weighted by atomic mass is 14.9. The molecule has 0 aromatic rings. The Morgan fingerprint density at radius 2 is 1.90 bits per heavy atom. The second-order valence-electron chi connectivity index (χ2n) is 3.51. The van der Waals surface area contributed by atoms with Crippen LogP contribution in [0.2, 0.25) is 0 Å². The van der Waals surface area contributed by atoms with Crippen molar-refractivity contribution >= 4 is 0 Å².